The van der Waals surface area contributed by atoms with Crippen molar-refractivity contribution in [2.24, 2.45) is 0 Å². The highest BCUT2D eigenvalue weighted by molar-refractivity contribution is 5.88. The van der Waals surface area contributed by atoms with Crippen LogP contribution in [0.15, 0.2) is 10.5 Å². The second-order valence-electron chi connectivity index (χ2n) is 4.55. The van der Waals surface area contributed by atoms with Crippen molar-refractivity contribution in [3.05, 3.63) is 23.1 Å². The molecule has 1 N–H and O–H groups in total. The maximum absolute atomic E-state index is 5.68. The Labute approximate surface area is 94.9 Å². The second-order valence-corrected chi connectivity index (χ2v) is 4.55. The second kappa shape index (κ2) is 3.24. The van der Waals surface area contributed by atoms with Crippen LogP contribution in [0.1, 0.15) is 36.3 Å². The summed E-state index contributed by atoms with van der Waals surface area (Å²) in [4.78, 5) is 4.54. The fourth-order valence-corrected chi connectivity index (χ4v) is 2.61. The normalized spacial score (nSPS) is 18.8. The molecule has 0 radical (unpaired) electrons. The molecule has 0 spiro atoms. The molecule has 3 nitrogen and oxygen atoms in total. The van der Waals surface area contributed by atoms with Crippen LogP contribution in [0.3, 0.4) is 0 Å². The number of hydrogen-bond acceptors (Lipinski definition) is 3. The Morgan fingerprint density at radius 3 is 3.06 bits per heavy atom. The van der Waals surface area contributed by atoms with Gasteiger partial charge in [-0.15, -0.1) is 0 Å². The van der Waals surface area contributed by atoms with E-state index in [1.165, 1.54) is 16.8 Å². The molecule has 0 fully saturated rings. The monoisotopic (exact) mass is 216 g/mol. The predicted molar refractivity (Wildman–Crippen MR) is 65.0 cm³/mol. The van der Waals surface area contributed by atoms with Gasteiger partial charge in [0.15, 0.2) is 11.5 Å². The lowest BCUT2D eigenvalue weighted by Crippen LogP contribution is -1.99. The van der Waals surface area contributed by atoms with E-state index in [0.29, 0.717) is 5.92 Å². The number of aryl methyl sites for hydroxylation is 2. The number of fused-ring (bicyclic) bond motifs is 3. The Balaban J connectivity index is 2.36. The number of nitrogens with one attached hydrogen (secondary N) is 1. The third kappa shape index (κ3) is 1.17. The zero-order chi connectivity index (χ0) is 11.3. The van der Waals surface area contributed by atoms with E-state index in [0.717, 1.165) is 30.0 Å². The van der Waals surface area contributed by atoms with Crippen LogP contribution < -0.4 is 5.32 Å². The highest BCUT2D eigenvalue weighted by atomic mass is 16.3. The van der Waals surface area contributed by atoms with E-state index in [2.05, 4.69) is 30.2 Å². The van der Waals surface area contributed by atoms with E-state index in [1.807, 2.05) is 6.92 Å². The Hall–Kier alpha value is -1.51. The van der Waals surface area contributed by atoms with Crippen molar-refractivity contribution in [1.29, 1.82) is 0 Å². The average Bonchev–Trinajstić information content (AvgIpc) is 2.80. The number of aromatic nitrogens is 1. The molecule has 0 amide bonds. The summed E-state index contributed by atoms with van der Waals surface area (Å²) in [5.41, 5.74) is 5.77. The molecule has 0 saturated carbocycles. The minimum atomic E-state index is 0.572. The standard InChI is InChI=1S/C13H16N2O/c1-4-9-6-14-10-5-7(2)13-12(11(9)10)15-8(3)16-13/h5,9,14H,4,6H2,1-3H3/t9-/m1/s1. The van der Waals surface area contributed by atoms with E-state index < -0.39 is 0 Å². The van der Waals surface area contributed by atoms with Gasteiger partial charge in [0, 0.05) is 30.6 Å². The predicted octanol–water partition coefficient (Wildman–Crippen LogP) is 3.36. The Morgan fingerprint density at radius 1 is 1.50 bits per heavy atom. The summed E-state index contributed by atoms with van der Waals surface area (Å²) in [6.45, 7) is 7.24. The van der Waals surface area contributed by atoms with Crippen LogP contribution in [-0.2, 0) is 0 Å². The van der Waals surface area contributed by atoms with Crippen LogP contribution in [0.4, 0.5) is 5.69 Å². The van der Waals surface area contributed by atoms with Crippen LogP contribution in [0.5, 0.6) is 0 Å². The van der Waals surface area contributed by atoms with Gasteiger partial charge in [-0.25, -0.2) is 4.98 Å². The minimum Gasteiger partial charge on any atom is -0.441 e. The molecule has 0 saturated heterocycles. The lowest BCUT2D eigenvalue weighted by molar-refractivity contribution is 0.559. The van der Waals surface area contributed by atoms with Crippen LogP contribution in [0.2, 0.25) is 0 Å². The van der Waals surface area contributed by atoms with Gasteiger partial charge in [-0.1, -0.05) is 6.92 Å². The van der Waals surface area contributed by atoms with Gasteiger partial charge in [0.2, 0.25) is 0 Å². The largest absolute Gasteiger partial charge is 0.441 e. The molecule has 0 aliphatic carbocycles. The molecule has 1 aliphatic rings. The zero-order valence-electron chi connectivity index (χ0n) is 9.92. The molecule has 0 unspecified atom stereocenters. The lowest BCUT2D eigenvalue weighted by atomic mass is 9.96. The summed E-state index contributed by atoms with van der Waals surface area (Å²) in [5.74, 6) is 1.33. The van der Waals surface area contributed by atoms with E-state index in [4.69, 9.17) is 4.42 Å². The molecule has 1 aromatic heterocycles. The summed E-state index contributed by atoms with van der Waals surface area (Å²) < 4.78 is 5.68. The molecular formula is C13H16N2O. The van der Waals surface area contributed by atoms with Crippen molar-refractivity contribution in [1.82, 2.24) is 4.98 Å². The van der Waals surface area contributed by atoms with E-state index >= 15 is 0 Å². The molecule has 3 heteroatoms. The highest BCUT2D eigenvalue weighted by Gasteiger charge is 2.26. The fourth-order valence-electron chi connectivity index (χ4n) is 2.61. The first-order chi connectivity index (χ1) is 7.70. The molecule has 2 aromatic rings. The summed E-state index contributed by atoms with van der Waals surface area (Å²) >= 11 is 0. The van der Waals surface area contributed by atoms with Crippen molar-refractivity contribution < 1.29 is 4.42 Å². The smallest absolute Gasteiger partial charge is 0.192 e. The van der Waals surface area contributed by atoms with Gasteiger partial charge < -0.3 is 9.73 Å². The van der Waals surface area contributed by atoms with Crippen molar-refractivity contribution in [2.45, 2.75) is 33.1 Å². The van der Waals surface area contributed by atoms with E-state index in [-0.39, 0.29) is 0 Å². The maximum atomic E-state index is 5.68. The number of rotatable bonds is 1. The molecular weight excluding hydrogens is 200 g/mol. The van der Waals surface area contributed by atoms with Gasteiger partial charge in [0.1, 0.15) is 5.52 Å². The van der Waals surface area contributed by atoms with E-state index in [1.54, 1.807) is 0 Å². The number of oxazole rings is 1. The van der Waals surface area contributed by atoms with Gasteiger partial charge in [0.05, 0.1) is 0 Å². The first kappa shape index (κ1) is 9.70. The Bertz CT molecular complexity index is 557. The van der Waals surface area contributed by atoms with Gasteiger partial charge in [0.25, 0.3) is 0 Å². The van der Waals surface area contributed by atoms with E-state index in [9.17, 15) is 0 Å². The molecule has 84 valence electrons. The average molecular weight is 216 g/mol. The highest BCUT2D eigenvalue weighted by Crippen LogP contribution is 2.40. The van der Waals surface area contributed by atoms with Crippen LogP contribution in [0, 0.1) is 13.8 Å². The van der Waals surface area contributed by atoms with Crippen molar-refractivity contribution in [2.75, 3.05) is 11.9 Å². The number of benzene rings is 1. The van der Waals surface area contributed by atoms with Gasteiger partial charge in [-0.05, 0) is 25.0 Å². The minimum absolute atomic E-state index is 0.572. The summed E-state index contributed by atoms with van der Waals surface area (Å²) in [6, 6.07) is 2.18. The molecule has 1 aromatic carbocycles. The first-order valence-corrected chi connectivity index (χ1v) is 5.85. The topological polar surface area (TPSA) is 38.1 Å². The third-order valence-electron chi connectivity index (χ3n) is 3.44. The fraction of sp³-hybridized carbons (Fsp3) is 0.462. The summed E-state index contributed by atoms with van der Waals surface area (Å²) in [5, 5.41) is 3.46. The van der Waals surface area contributed by atoms with Gasteiger partial charge in [-0.3, -0.25) is 0 Å². The quantitative estimate of drug-likeness (QED) is 0.794. The van der Waals surface area contributed by atoms with Crippen molar-refractivity contribution >= 4 is 16.8 Å². The van der Waals surface area contributed by atoms with Crippen molar-refractivity contribution in [3.63, 3.8) is 0 Å². The molecule has 16 heavy (non-hydrogen) atoms. The molecule has 1 atom stereocenters. The molecule has 3 rings (SSSR count). The van der Waals surface area contributed by atoms with Crippen molar-refractivity contribution in [3.8, 4) is 0 Å². The first-order valence-electron chi connectivity index (χ1n) is 5.85. The van der Waals surface area contributed by atoms with Gasteiger partial charge >= 0.3 is 0 Å². The maximum Gasteiger partial charge on any atom is 0.192 e. The number of nitrogens with zero attached hydrogens (tertiary/aromatic N) is 1. The van der Waals surface area contributed by atoms with Crippen LogP contribution in [-0.4, -0.2) is 11.5 Å². The number of anilines is 1. The zero-order valence-corrected chi connectivity index (χ0v) is 9.92. The lowest BCUT2D eigenvalue weighted by Gasteiger charge is -2.07. The van der Waals surface area contributed by atoms with Crippen LogP contribution >= 0.6 is 0 Å². The summed E-state index contributed by atoms with van der Waals surface area (Å²) in [7, 11) is 0. The molecule has 1 aliphatic heterocycles. The summed E-state index contributed by atoms with van der Waals surface area (Å²) in [6.07, 6.45) is 1.14. The molecule has 2 heterocycles. The van der Waals surface area contributed by atoms with Gasteiger partial charge in [-0.2, -0.15) is 0 Å². The number of hydrogen-bond donors (Lipinski definition) is 1. The third-order valence-corrected chi connectivity index (χ3v) is 3.44. The molecule has 0 bridgehead atoms. The Morgan fingerprint density at radius 2 is 2.31 bits per heavy atom. The SMILES string of the molecule is CC[C@@H]1CNc2cc(C)c3oc(C)nc3c21. The van der Waals surface area contributed by atoms with Crippen LogP contribution in [0.25, 0.3) is 11.1 Å². The Kier molecular flexibility index (Phi) is 1.96.